The number of hydrogen-bond donors (Lipinski definition) is 1. The number of nitrogens with two attached hydrogens (primary N) is 1. The summed E-state index contributed by atoms with van der Waals surface area (Å²) in [5, 5.41) is 0. The Morgan fingerprint density at radius 3 is 2.32 bits per heavy atom. The molecule has 0 amide bonds. The van der Waals surface area contributed by atoms with Gasteiger partial charge in [0.25, 0.3) is 0 Å². The van der Waals surface area contributed by atoms with Crippen molar-refractivity contribution < 1.29 is 0 Å². The third kappa shape index (κ3) is 2.87. The smallest absolute Gasteiger partial charge is 0.161 e. The molecule has 2 N–H and O–H groups in total. The zero-order valence-electron chi connectivity index (χ0n) is 11.3. The van der Waals surface area contributed by atoms with Crippen molar-refractivity contribution in [1.82, 2.24) is 9.97 Å². The molecule has 0 saturated heterocycles. The molecule has 0 aliphatic rings. The normalized spacial score (nSPS) is 10.5. The number of halogens is 1. The van der Waals surface area contributed by atoms with E-state index < -0.39 is 0 Å². The van der Waals surface area contributed by atoms with Gasteiger partial charge < -0.3 is 10.6 Å². The van der Waals surface area contributed by atoms with E-state index in [-0.39, 0.29) is 0 Å². The average Bonchev–Trinajstić information content (AvgIpc) is 2.41. The van der Waals surface area contributed by atoms with Crippen molar-refractivity contribution >= 4 is 27.4 Å². The second kappa shape index (κ2) is 5.57. The van der Waals surface area contributed by atoms with Gasteiger partial charge >= 0.3 is 0 Å². The maximum absolute atomic E-state index is 5.91. The summed E-state index contributed by atoms with van der Waals surface area (Å²) in [7, 11) is 4.02. The monoisotopic (exact) mass is 320 g/mol. The SMILES string of the molecule is CCc1nc(-c2ccc(N(C)C)cc2)nc(N)c1Br. The van der Waals surface area contributed by atoms with Gasteiger partial charge in [0.2, 0.25) is 0 Å². The number of nitrogens with zero attached hydrogens (tertiary/aromatic N) is 3. The first-order valence-corrected chi connectivity index (χ1v) is 6.92. The summed E-state index contributed by atoms with van der Waals surface area (Å²) in [6, 6.07) is 8.11. The predicted molar refractivity (Wildman–Crippen MR) is 83.3 cm³/mol. The van der Waals surface area contributed by atoms with E-state index >= 15 is 0 Å². The molecule has 1 aromatic carbocycles. The second-order valence-electron chi connectivity index (χ2n) is 4.49. The molecule has 0 fully saturated rings. The summed E-state index contributed by atoms with van der Waals surface area (Å²) in [6.45, 7) is 2.05. The Labute approximate surface area is 121 Å². The third-order valence-electron chi connectivity index (χ3n) is 2.92. The molecule has 0 unspecified atom stereocenters. The predicted octanol–water partition coefficient (Wildman–Crippen LogP) is 3.12. The molecule has 4 nitrogen and oxygen atoms in total. The fraction of sp³-hybridized carbons (Fsp3) is 0.286. The molecule has 0 atom stereocenters. The van der Waals surface area contributed by atoms with Crippen LogP contribution >= 0.6 is 15.9 Å². The topological polar surface area (TPSA) is 55.0 Å². The highest BCUT2D eigenvalue weighted by Crippen LogP contribution is 2.26. The van der Waals surface area contributed by atoms with E-state index in [4.69, 9.17) is 5.73 Å². The van der Waals surface area contributed by atoms with Crippen LogP contribution < -0.4 is 10.6 Å². The lowest BCUT2D eigenvalue weighted by molar-refractivity contribution is 0.995. The highest BCUT2D eigenvalue weighted by Gasteiger charge is 2.10. The first kappa shape index (κ1) is 13.8. The van der Waals surface area contributed by atoms with Crippen molar-refractivity contribution in [3.05, 3.63) is 34.4 Å². The molecular weight excluding hydrogens is 304 g/mol. The van der Waals surface area contributed by atoms with Gasteiger partial charge in [-0.1, -0.05) is 6.92 Å². The number of nitrogen functional groups attached to an aromatic ring is 1. The summed E-state index contributed by atoms with van der Waals surface area (Å²) >= 11 is 3.42. The van der Waals surface area contributed by atoms with Crippen molar-refractivity contribution in [2.75, 3.05) is 24.7 Å². The minimum absolute atomic E-state index is 0.485. The van der Waals surface area contributed by atoms with Crippen LogP contribution in [0.1, 0.15) is 12.6 Å². The summed E-state index contributed by atoms with van der Waals surface area (Å²) in [5.41, 5.74) is 8.95. The van der Waals surface area contributed by atoms with Crippen molar-refractivity contribution in [3.63, 3.8) is 0 Å². The minimum Gasteiger partial charge on any atom is -0.383 e. The van der Waals surface area contributed by atoms with Crippen LogP contribution in [-0.2, 0) is 6.42 Å². The standard InChI is InChI=1S/C14H17BrN4/c1-4-11-12(15)13(16)18-14(17-11)9-5-7-10(8-6-9)19(2)3/h5-8H,4H2,1-3H3,(H2,16,17,18). The molecule has 0 aliphatic carbocycles. The van der Waals surface area contributed by atoms with Crippen molar-refractivity contribution in [2.45, 2.75) is 13.3 Å². The fourth-order valence-corrected chi connectivity index (χ4v) is 2.24. The van der Waals surface area contributed by atoms with Crippen LogP contribution in [0.3, 0.4) is 0 Å². The van der Waals surface area contributed by atoms with Gasteiger partial charge in [-0.15, -0.1) is 0 Å². The number of aromatic nitrogens is 2. The van der Waals surface area contributed by atoms with Gasteiger partial charge in [0.05, 0.1) is 10.2 Å². The zero-order valence-corrected chi connectivity index (χ0v) is 12.9. The van der Waals surface area contributed by atoms with Crippen LogP contribution in [0.25, 0.3) is 11.4 Å². The molecule has 5 heteroatoms. The largest absolute Gasteiger partial charge is 0.383 e. The first-order chi connectivity index (χ1) is 9.02. The van der Waals surface area contributed by atoms with Crippen molar-refractivity contribution in [3.8, 4) is 11.4 Å². The van der Waals surface area contributed by atoms with Gasteiger partial charge in [-0.25, -0.2) is 9.97 Å². The summed E-state index contributed by atoms with van der Waals surface area (Å²) in [6.07, 6.45) is 0.816. The Bertz CT molecular complexity index is 579. The van der Waals surface area contributed by atoms with Gasteiger partial charge in [0, 0.05) is 25.3 Å². The third-order valence-corrected chi connectivity index (χ3v) is 3.79. The van der Waals surface area contributed by atoms with E-state index in [1.165, 1.54) is 0 Å². The number of anilines is 2. The number of aryl methyl sites for hydroxylation is 1. The lowest BCUT2D eigenvalue weighted by Crippen LogP contribution is -2.08. The molecule has 1 heterocycles. The number of rotatable bonds is 3. The van der Waals surface area contributed by atoms with E-state index in [0.717, 1.165) is 27.8 Å². The Morgan fingerprint density at radius 2 is 1.79 bits per heavy atom. The van der Waals surface area contributed by atoms with Crippen molar-refractivity contribution in [2.24, 2.45) is 0 Å². The lowest BCUT2D eigenvalue weighted by Gasteiger charge is -2.13. The van der Waals surface area contributed by atoms with Gasteiger partial charge in [0.1, 0.15) is 5.82 Å². The summed E-state index contributed by atoms with van der Waals surface area (Å²) in [5.74, 6) is 1.15. The maximum atomic E-state index is 5.91. The Balaban J connectivity index is 2.44. The average molecular weight is 321 g/mol. The van der Waals surface area contributed by atoms with Crippen molar-refractivity contribution in [1.29, 1.82) is 0 Å². The van der Waals surface area contributed by atoms with Gasteiger partial charge in [-0.3, -0.25) is 0 Å². The Hall–Kier alpha value is -1.62. The minimum atomic E-state index is 0.485. The van der Waals surface area contributed by atoms with E-state index in [0.29, 0.717) is 11.6 Å². The molecule has 0 bridgehead atoms. The zero-order chi connectivity index (χ0) is 14.0. The van der Waals surface area contributed by atoms with E-state index in [2.05, 4.69) is 30.8 Å². The molecule has 0 radical (unpaired) electrons. The van der Waals surface area contributed by atoms with Crippen LogP contribution in [0.15, 0.2) is 28.7 Å². The Kier molecular flexibility index (Phi) is 4.04. The van der Waals surface area contributed by atoms with Crippen LogP contribution in [0.4, 0.5) is 11.5 Å². The van der Waals surface area contributed by atoms with Crippen LogP contribution in [0.5, 0.6) is 0 Å². The molecule has 100 valence electrons. The van der Waals surface area contributed by atoms with Crippen LogP contribution in [0.2, 0.25) is 0 Å². The van der Waals surface area contributed by atoms with E-state index in [1.807, 2.05) is 45.3 Å². The van der Waals surface area contributed by atoms with E-state index in [1.54, 1.807) is 0 Å². The Morgan fingerprint density at radius 1 is 1.16 bits per heavy atom. The summed E-state index contributed by atoms with van der Waals surface area (Å²) < 4.78 is 0.795. The number of hydrogen-bond acceptors (Lipinski definition) is 4. The van der Waals surface area contributed by atoms with Crippen LogP contribution in [-0.4, -0.2) is 24.1 Å². The lowest BCUT2D eigenvalue weighted by atomic mass is 10.2. The number of benzene rings is 1. The van der Waals surface area contributed by atoms with Crippen LogP contribution in [0, 0.1) is 0 Å². The molecule has 0 spiro atoms. The maximum Gasteiger partial charge on any atom is 0.161 e. The van der Waals surface area contributed by atoms with E-state index in [9.17, 15) is 0 Å². The molecule has 1 aromatic heterocycles. The van der Waals surface area contributed by atoms with Gasteiger partial charge in [0.15, 0.2) is 5.82 Å². The molecule has 19 heavy (non-hydrogen) atoms. The second-order valence-corrected chi connectivity index (χ2v) is 5.28. The quantitative estimate of drug-likeness (QED) is 0.944. The van der Waals surface area contributed by atoms with Gasteiger partial charge in [-0.2, -0.15) is 0 Å². The fourth-order valence-electron chi connectivity index (χ4n) is 1.78. The molecule has 2 aromatic rings. The highest BCUT2D eigenvalue weighted by atomic mass is 79.9. The highest BCUT2D eigenvalue weighted by molar-refractivity contribution is 9.10. The summed E-state index contributed by atoms with van der Waals surface area (Å²) in [4.78, 5) is 10.9. The molecule has 2 rings (SSSR count). The van der Waals surface area contributed by atoms with Gasteiger partial charge in [-0.05, 0) is 46.6 Å². The first-order valence-electron chi connectivity index (χ1n) is 6.12. The molecule has 0 aliphatic heterocycles. The molecular formula is C14H17BrN4. The molecule has 0 saturated carbocycles.